The van der Waals surface area contributed by atoms with Gasteiger partial charge in [-0.2, -0.15) is 0 Å². The topological polar surface area (TPSA) is 70.8 Å². The number of carboxylic acids is 1. The van der Waals surface area contributed by atoms with Gasteiger partial charge in [-0.25, -0.2) is 0 Å². The van der Waals surface area contributed by atoms with Gasteiger partial charge in [0, 0.05) is 18.2 Å². The number of carbonyl (C=O) groups excluding carboxylic acids is 1. The number of furan rings is 1. The van der Waals surface area contributed by atoms with E-state index in [1.165, 1.54) is 12.7 Å². The van der Waals surface area contributed by atoms with E-state index in [0.29, 0.717) is 23.6 Å². The molecule has 0 spiro atoms. The second-order valence-electron chi connectivity index (χ2n) is 6.21. The smallest absolute Gasteiger partial charge is 0.311 e. The van der Waals surface area contributed by atoms with Crippen molar-refractivity contribution < 1.29 is 19.1 Å². The summed E-state index contributed by atoms with van der Waals surface area (Å²) in [6.45, 7) is 6.59. The SMILES string of the molecule is CCN(C(=O)c1c(C)coc1CC(=O)O)C1CCCCC1C. The molecule has 5 heteroatoms. The van der Waals surface area contributed by atoms with Crippen LogP contribution in [0.2, 0.25) is 0 Å². The Morgan fingerprint density at radius 3 is 2.64 bits per heavy atom. The molecule has 1 saturated carbocycles. The number of carboxylic acid groups (broad SMARTS) is 1. The van der Waals surface area contributed by atoms with E-state index < -0.39 is 5.97 Å². The van der Waals surface area contributed by atoms with Crippen molar-refractivity contribution in [3.05, 3.63) is 23.2 Å². The molecule has 1 N–H and O–H groups in total. The Balaban J connectivity index is 2.28. The van der Waals surface area contributed by atoms with Crippen LogP contribution in [0.15, 0.2) is 10.7 Å². The van der Waals surface area contributed by atoms with Crippen LogP contribution in [0.1, 0.15) is 61.2 Å². The summed E-state index contributed by atoms with van der Waals surface area (Å²) >= 11 is 0. The van der Waals surface area contributed by atoms with Crippen LogP contribution in [-0.4, -0.2) is 34.5 Å². The van der Waals surface area contributed by atoms with Gasteiger partial charge in [-0.05, 0) is 32.6 Å². The summed E-state index contributed by atoms with van der Waals surface area (Å²) in [6, 6.07) is 0.234. The first-order chi connectivity index (χ1) is 10.5. The number of amides is 1. The fourth-order valence-corrected chi connectivity index (χ4v) is 3.48. The van der Waals surface area contributed by atoms with Crippen molar-refractivity contribution in [3.8, 4) is 0 Å². The Hall–Kier alpha value is -1.78. The van der Waals surface area contributed by atoms with E-state index in [1.807, 2.05) is 11.8 Å². The van der Waals surface area contributed by atoms with Gasteiger partial charge >= 0.3 is 5.97 Å². The van der Waals surface area contributed by atoms with Crippen molar-refractivity contribution in [2.45, 2.75) is 58.9 Å². The molecule has 0 aromatic carbocycles. The van der Waals surface area contributed by atoms with Gasteiger partial charge in [0.1, 0.15) is 12.2 Å². The molecule has 2 atom stereocenters. The minimum Gasteiger partial charge on any atom is -0.481 e. The third kappa shape index (κ3) is 3.34. The number of carbonyl (C=O) groups is 2. The first-order valence-corrected chi connectivity index (χ1v) is 8.05. The summed E-state index contributed by atoms with van der Waals surface area (Å²) in [6.07, 6.45) is 5.74. The zero-order chi connectivity index (χ0) is 16.3. The van der Waals surface area contributed by atoms with Crippen LogP contribution >= 0.6 is 0 Å². The summed E-state index contributed by atoms with van der Waals surface area (Å²) in [5.41, 5.74) is 1.14. The van der Waals surface area contributed by atoms with Gasteiger partial charge in [0.05, 0.1) is 11.8 Å². The van der Waals surface area contributed by atoms with Crippen LogP contribution in [0.25, 0.3) is 0 Å². The van der Waals surface area contributed by atoms with Gasteiger partial charge in [0.25, 0.3) is 5.91 Å². The molecule has 5 nitrogen and oxygen atoms in total. The normalized spacial score (nSPS) is 21.6. The monoisotopic (exact) mass is 307 g/mol. The molecule has 2 rings (SSSR count). The van der Waals surface area contributed by atoms with Crippen molar-refractivity contribution in [2.75, 3.05) is 6.54 Å². The van der Waals surface area contributed by atoms with Gasteiger partial charge in [0.15, 0.2) is 0 Å². The maximum absolute atomic E-state index is 13.0. The molecule has 0 bridgehead atoms. The van der Waals surface area contributed by atoms with Gasteiger partial charge in [-0.15, -0.1) is 0 Å². The predicted molar refractivity (Wildman–Crippen MR) is 82.9 cm³/mol. The molecule has 22 heavy (non-hydrogen) atoms. The Bertz CT molecular complexity index is 549. The molecule has 122 valence electrons. The maximum Gasteiger partial charge on any atom is 0.311 e. The van der Waals surface area contributed by atoms with Crippen molar-refractivity contribution >= 4 is 11.9 Å². The van der Waals surface area contributed by atoms with E-state index in [0.717, 1.165) is 19.3 Å². The summed E-state index contributed by atoms with van der Waals surface area (Å²) < 4.78 is 5.31. The Kier molecular flexibility index (Phi) is 5.27. The molecule has 1 aliphatic rings. The van der Waals surface area contributed by atoms with Gasteiger partial charge in [0.2, 0.25) is 0 Å². The quantitative estimate of drug-likeness (QED) is 0.906. The maximum atomic E-state index is 13.0. The van der Waals surface area contributed by atoms with Crippen molar-refractivity contribution in [3.63, 3.8) is 0 Å². The van der Waals surface area contributed by atoms with E-state index in [2.05, 4.69) is 6.92 Å². The summed E-state index contributed by atoms with van der Waals surface area (Å²) in [5, 5.41) is 8.98. The number of hydrogen-bond acceptors (Lipinski definition) is 3. The molecule has 1 aromatic rings. The van der Waals surface area contributed by atoms with Gasteiger partial charge < -0.3 is 14.4 Å². The number of aliphatic carboxylic acids is 1. The molecule has 1 fully saturated rings. The minimum atomic E-state index is -0.988. The highest BCUT2D eigenvalue weighted by molar-refractivity contribution is 5.97. The first-order valence-electron chi connectivity index (χ1n) is 8.05. The largest absolute Gasteiger partial charge is 0.481 e. The molecule has 1 amide bonds. The fourth-order valence-electron chi connectivity index (χ4n) is 3.48. The summed E-state index contributed by atoms with van der Waals surface area (Å²) in [7, 11) is 0. The molecular formula is C17H25NO4. The van der Waals surface area contributed by atoms with Crippen LogP contribution in [0.3, 0.4) is 0 Å². The lowest BCUT2D eigenvalue weighted by atomic mass is 9.84. The fraction of sp³-hybridized carbons (Fsp3) is 0.647. The lowest BCUT2D eigenvalue weighted by Crippen LogP contribution is -2.45. The molecule has 0 radical (unpaired) electrons. The predicted octanol–water partition coefficient (Wildman–Crippen LogP) is 3.26. The zero-order valence-corrected chi connectivity index (χ0v) is 13.6. The van der Waals surface area contributed by atoms with Crippen LogP contribution in [-0.2, 0) is 11.2 Å². The van der Waals surface area contributed by atoms with E-state index in [9.17, 15) is 9.59 Å². The lowest BCUT2D eigenvalue weighted by molar-refractivity contribution is -0.136. The van der Waals surface area contributed by atoms with Crippen LogP contribution < -0.4 is 0 Å². The van der Waals surface area contributed by atoms with Crippen molar-refractivity contribution in [2.24, 2.45) is 5.92 Å². The minimum absolute atomic E-state index is 0.0938. The van der Waals surface area contributed by atoms with Crippen LogP contribution in [0.5, 0.6) is 0 Å². The number of aryl methyl sites for hydroxylation is 1. The molecule has 2 unspecified atom stereocenters. The Morgan fingerprint density at radius 1 is 1.36 bits per heavy atom. The van der Waals surface area contributed by atoms with Crippen molar-refractivity contribution in [1.29, 1.82) is 0 Å². The standard InChI is InChI=1S/C17H25NO4/c1-4-18(13-8-6-5-7-11(13)2)17(21)16-12(3)10-22-14(16)9-15(19)20/h10-11,13H,4-9H2,1-3H3,(H,19,20). The van der Waals surface area contributed by atoms with E-state index >= 15 is 0 Å². The molecule has 1 heterocycles. The highest BCUT2D eigenvalue weighted by atomic mass is 16.4. The molecular weight excluding hydrogens is 282 g/mol. The highest BCUT2D eigenvalue weighted by Crippen LogP contribution is 2.30. The Morgan fingerprint density at radius 2 is 2.05 bits per heavy atom. The molecule has 1 aromatic heterocycles. The molecule has 0 saturated heterocycles. The van der Waals surface area contributed by atoms with Gasteiger partial charge in [-0.3, -0.25) is 9.59 Å². The third-order valence-corrected chi connectivity index (χ3v) is 4.64. The first kappa shape index (κ1) is 16.6. The summed E-state index contributed by atoms with van der Waals surface area (Å²) in [4.78, 5) is 25.8. The number of rotatable bonds is 5. The van der Waals surface area contributed by atoms with Crippen LogP contribution in [0.4, 0.5) is 0 Å². The average molecular weight is 307 g/mol. The van der Waals surface area contributed by atoms with Crippen LogP contribution in [0, 0.1) is 12.8 Å². The molecule has 0 aliphatic heterocycles. The zero-order valence-electron chi connectivity index (χ0n) is 13.6. The second kappa shape index (κ2) is 6.99. The third-order valence-electron chi connectivity index (χ3n) is 4.64. The molecule has 1 aliphatic carbocycles. The van der Waals surface area contributed by atoms with E-state index in [1.54, 1.807) is 6.92 Å². The number of nitrogens with zero attached hydrogens (tertiary/aromatic N) is 1. The second-order valence-corrected chi connectivity index (χ2v) is 6.21. The van der Waals surface area contributed by atoms with Gasteiger partial charge in [-0.1, -0.05) is 19.8 Å². The number of hydrogen-bond donors (Lipinski definition) is 1. The summed E-state index contributed by atoms with van der Waals surface area (Å²) in [5.74, 6) is -0.342. The highest BCUT2D eigenvalue weighted by Gasteiger charge is 2.32. The van der Waals surface area contributed by atoms with E-state index in [4.69, 9.17) is 9.52 Å². The lowest BCUT2D eigenvalue weighted by Gasteiger charge is -2.38. The van der Waals surface area contributed by atoms with E-state index in [-0.39, 0.29) is 24.1 Å². The Labute approximate surface area is 131 Å². The van der Waals surface area contributed by atoms with Crippen molar-refractivity contribution in [1.82, 2.24) is 4.90 Å². The average Bonchev–Trinajstić information content (AvgIpc) is 2.81.